The quantitative estimate of drug-likeness (QED) is 0.566. The normalized spacial score (nSPS) is 24.5. The molecule has 3 fully saturated rings. The Hall–Kier alpha value is -2.66. The molecule has 0 atom stereocenters. The van der Waals surface area contributed by atoms with Gasteiger partial charge in [-0.1, -0.05) is 23.7 Å². The number of nitrogens with one attached hydrogen (secondary N) is 1. The number of nitrogens with zero attached hydrogens (tertiary/aromatic N) is 1. The lowest BCUT2D eigenvalue weighted by atomic mass is 9.38. The first-order chi connectivity index (χ1) is 14.0. The van der Waals surface area contributed by atoms with Crippen molar-refractivity contribution in [2.45, 2.75) is 31.2 Å². The Bertz CT molecular complexity index is 1090. The Morgan fingerprint density at radius 2 is 2.03 bits per heavy atom. The lowest BCUT2D eigenvalue weighted by molar-refractivity contribution is -0.147. The molecule has 0 aliphatic heterocycles. The number of ether oxygens (including phenoxy) is 1. The minimum atomic E-state index is -0.548. The van der Waals surface area contributed by atoms with E-state index in [0.29, 0.717) is 12.2 Å². The fraction of sp³-hybridized carbons (Fsp3) is 0.304. The zero-order valence-electron chi connectivity index (χ0n) is 15.8. The molecule has 2 aromatic carbocycles. The van der Waals surface area contributed by atoms with Crippen LogP contribution in [0.2, 0.25) is 5.02 Å². The van der Waals surface area contributed by atoms with Crippen LogP contribution in [0.3, 0.4) is 0 Å². The third-order valence-corrected chi connectivity index (χ3v) is 6.39. The highest BCUT2D eigenvalue weighted by atomic mass is 35.5. The number of carbonyl (C=O) groups excluding carboxylic acids is 1. The van der Waals surface area contributed by atoms with Crippen LogP contribution in [-0.2, 0) is 4.79 Å². The number of hydrogen-bond acceptors (Lipinski definition) is 4. The molecule has 0 amide bonds. The number of rotatable bonds is 7. The molecule has 3 aliphatic carbocycles. The van der Waals surface area contributed by atoms with Gasteiger partial charge < -0.3 is 10.1 Å². The van der Waals surface area contributed by atoms with Gasteiger partial charge in [0, 0.05) is 46.9 Å². The van der Waals surface area contributed by atoms with Crippen LogP contribution in [0.1, 0.15) is 25.7 Å². The average molecular weight is 411 g/mol. The van der Waals surface area contributed by atoms with E-state index in [1.54, 1.807) is 6.07 Å². The van der Waals surface area contributed by atoms with Crippen LogP contribution in [0, 0.1) is 11.2 Å². The molecular formula is C23H20ClFN2O2. The van der Waals surface area contributed by atoms with E-state index >= 15 is 0 Å². The van der Waals surface area contributed by atoms with Crippen LogP contribution in [0.25, 0.3) is 10.8 Å². The Kier molecular flexibility index (Phi) is 4.24. The molecule has 6 rings (SSSR count). The van der Waals surface area contributed by atoms with Crippen molar-refractivity contribution in [3.63, 3.8) is 0 Å². The second-order valence-corrected chi connectivity index (χ2v) is 8.83. The van der Waals surface area contributed by atoms with E-state index in [1.807, 2.05) is 24.5 Å². The van der Waals surface area contributed by atoms with Crippen molar-refractivity contribution < 1.29 is 13.9 Å². The minimum absolute atomic E-state index is 0.0396. The molecule has 1 heterocycles. The van der Waals surface area contributed by atoms with E-state index < -0.39 is 5.82 Å². The lowest BCUT2D eigenvalue weighted by Gasteiger charge is -2.71. The predicted molar refractivity (Wildman–Crippen MR) is 111 cm³/mol. The number of fused-ring (bicyclic) bond motifs is 1. The summed E-state index contributed by atoms with van der Waals surface area (Å²) in [6.45, 7) is -0.0421. The van der Waals surface area contributed by atoms with E-state index in [2.05, 4.69) is 22.4 Å². The van der Waals surface area contributed by atoms with Crippen molar-refractivity contribution in [1.29, 1.82) is 0 Å². The van der Waals surface area contributed by atoms with E-state index in [4.69, 9.17) is 16.3 Å². The monoisotopic (exact) mass is 410 g/mol. The predicted octanol–water partition coefficient (Wildman–Crippen LogP) is 5.40. The van der Waals surface area contributed by atoms with Gasteiger partial charge in [0.25, 0.3) is 0 Å². The molecule has 0 spiro atoms. The first-order valence-corrected chi connectivity index (χ1v) is 10.0. The van der Waals surface area contributed by atoms with Crippen LogP contribution >= 0.6 is 11.6 Å². The standard InChI is InChI=1S/C23H20ClFN2O2/c24-19-5-4-17(8-20(19)25)29-11-16(28)9-22-12-23(13-22,14-22)27-21-3-1-2-15-10-26-7-6-18(15)21/h1-8,10,27H,9,11-14H2. The third-order valence-electron chi connectivity index (χ3n) is 6.08. The molecule has 6 heteroatoms. The molecule has 29 heavy (non-hydrogen) atoms. The Balaban J connectivity index is 1.16. The number of hydrogen-bond donors (Lipinski definition) is 1. The van der Waals surface area contributed by atoms with Crippen molar-refractivity contribution in [2.24, 2.45) is 5.41 Å². The maximum Gasteiger partial charge on any atom is 0.170 e. The summed E-state index contributed by atoms with van der Waals surface area (Å²) in [5.41, 5.74) is 1.31. The van der Waals surface area contributed by atoms with E-state index in [0.717, 1.165) is 30.3 Å². The Morgan fingerprint density at radius 1 is 1.21 bits per heavy atom. The van der Waals surface area contributed by atoms with Crippen LogP contribution in [0.4, 0.5) is 10.1 Å². The summed E-state index contributed by atoms with van der Waals surface area (Å²) >= 11 is 5.66. The zero-order valence-corrected chi connectivity index (χ0v) is 16.5. The molecule has 3 saturated carbocycles. The van der Waals surface area contributed by atoms with Gasteiger partial charge in [0.05, 0.1) is 5.02 Å². The molecule has 148 valence electrons. The number of pyridine rings is 1. The molecule has 3 aromatic rings. The fourth-order valence-corrected chi connectivity index (χ4v) is 5.15. The molecule has 4 nitrogen and oxygen atoms in total. The van der Waals surface area contributed by atoms with Gasteiger partial charge in [-0.3, -0.25) is 9.78 Å². The lowest BCUT2D eigenvalue weighted by Crippen LogP contribution is -2.71. The summed E-state index contributed by atoms with van der Waals surface area (Å²) in [7, 11) is 0. The van der Waals surface area contributed by atoms with Crippen LogP contribution < -0.4 is 10.1 Å². The summed E-state index contributed by atoms with van der Waals surface area (Å²) < 4.78 is 18.9. The minimum Gasteiger partial charge on any atom is -0.486 e. The van der Waals surface area contributed by atoms with Gasteiger partial charge in [-0.25, -0.2) is 4.39 Å². The number of aromatic nitrogens is 1. The Morgan fingerprint density at radius 3 is 2.83 bits per heavy atom. The summed E-state index contributed by atoms with van der Waals surface area (Å²) in [6.07, 6.45) is 7.15. The summed E-state index contributed by atoms with van der Waals surface area (Å²) in [6, 6.07) is 12.4. The fourth-order valence-electron chi connectivity index (χ4n) is 5.04. The molecular weight excluding hydrogens is 391 g/mol. The second-order valence-electron chi connectivity index (χ2n) is 8.42. The number of ketones is 1. The van der Waals surface area contributed by atoms with E-state index in [1.165, 1.54) is 17.5 Å². The van der Waals surface area contributed by atoms with Crippen molar-refractivity contribution in [1.82, 2.24) is 4.98 Å². The van der Waals surface area contributed by atoms with Gasteiger partial charge in [0.1, 0.15) is 18.2 Å². The van der Waals surface area contributed by atoms with E-state index in [-0.39, 0.29) is 28.4 Å². The van der Waals surface area contributed by atoms with Crippen LogP contribution in [0.5, 0.6) is 5.75 Å². The number of carbonyl (C=O) groups is 1. The van der Waals surface area contributed by atoms with E-state index in [9.17, 15) is 9.18 Å². The number of anilines is 1. The number of benzene rings is 2. The molecule has 0 unspecified atom stereocenters. The van der Waals surface area contributed by atoms with Gasteiger partial charge in [0.2, 0.25) is 0 Å². The van der Waals surface area contributed by atoms with Crippen molar-refractivity contribution >= 4 is 33.8 Å². The van der Waals surface area contributed by atoms with Gasteiger partial charge in [0.15, 0.2) is 5.78 Å². The maximum absolute atomic E-state index is 13.5. The summed E-state index contributed by atoms with van der Waals surface area (Å²) in [5, 5.41) is 6.03. The summed E-state index contributed by atoms with van der Waals surface area (Å²) in [4.78, 5) is 16.5. The molecule has 1 aromatic heterocycles. The highest BCUT2D eigenvalue weighted by molar-refractivity contribution is 6.30. The second kappa shape index (κ2) is 6.70. The topological polar surface area (TPSA) is 51.2 Å². The van der Waals surface area contributed by atoms with Gasteiger partial charge in [-0.05, 0) is 48.9 Å². The first-order valence-electron chi connectivity index (χ1n) is 9.67. The smallest absolute Gasteiger partial charge is 0.170 e. The van der Waals surface area contributed by atoms with Crippen LogP contribution in [-0.4, -0.2) is 22.9 Å². The number of halogens is 2. The average Bonchev–Trinajstić information content (AvgIpc) is 2.66. The van der Waals surface area contributed by atoms with Gasteiger partial charge in [-0.2, -0.15) is 0 Å². The highest BCUT2D eigenvalue weighted by Gasteiger charge is 2.68. The SMILES string of the molecule is O=C(COc1ccc(Cl)c(F)c1)CC12CC(Nc3cccc4cnccc34)(C1)C2. The first kappa shape index (κ1) is 18.4. The van der Waals surface area contributed by atoms with Crippen molar-refractivity contribution in [3.05, 3.63) is 65.7 Å². The van der Waals surface area contributed by atoms with Crippen molar-refractivity contribution in [2.75, 3.05) is 11.9 Å². The maximum atomic E-state index is 13.5. The summed E-state index contributed by atoms with van der Waals surface area (Å²) in [5.74, 6) is -0.181. The van der Waals surface area contributed by atoms with Crippen molar-refractivity contribution in [3.8, 4) is 5.75 Å². The molecule has 1 N–H and O–H groups in total. The zero-order chi connectivity index (χ0) is 20.1. The van der Waals surface area contributed by atoms with Gasteiger partial charge in [-0.15, -0.1) is 0 Å². The van der Waals surface area contributed by atoms with Crippen LogP contribution in [0.15, 0.2) is 54.9 Å². The molecule has 0 saturated heterocycles. The molecule has 2 bridgehead atoms. The molecule has 3 aliphatic rings. The number of Topliss-reactive ketones (excluding diaryl/α,β-unsaturated/α-hetero) is 1. The largest absolute Gasteiger partial charge is 0.486 e. The Labute approximate surface area is 173 Å². The molecule has 0 radical (unpaired) electrons. The third kappa shape index (κ3) is 3.33. The highest BCUT2D eigenvalue weighted by Crippen LogP contribution is 2.70. The van der Waals surface area contributed by atoms with Gasteiger partial charge >= 0.3 is 0 Å².